The zero-order valence-corrected chi connectivity index (χ0v) is 23.7. The van der Waals surface area contributed by atoms with E-state index in [0.29, 0.717) is 34.9 Å². The van der Waals surface area contributed by atoms with Crippen LogP contribution in [-0.2, 0) is 9.53 Å². The van der Waals surface area contributed by atoms with Crippen molar-refractivity contribution >= 4 is 61.1 Å². The van der Waals surface area contributed by atoms with Crippen molar-refractivity contribution in [1.82, 2.24) is 19.3 Å². The molecule has 6 rings (SSSR count). The maximum atomic E-state index is 13.5. The van der Waals surface area contributed by atoms with E-state index in [0.717, 1.165) is 48.6 Å². The molecule has 40 heavy (non-hydrogen) atoms. The third-order valence-electron chi connectivity index (χ3n) is 7.80. The number of carbonyl (C=O) groups excluding carboxylic acids is 2. The van der Waals surface area contributed by atoms with Gasteiger partial charge in [-0.25, -0.2) is 9.78 Å². The number of likely N-dealkylation sites (tertiary alicyclic amines) is 1. The predicted octanol–water partition coefficient (Wildman–Crippen LogP) is 4.81. The van der Waals surface area contributed by atoms with E-state index >= 15 is 0 Å². The fraction of sp³-hybridized carbons (Fsp3) is 0.414. The first-order valence-corrected chi connectivity index (χ1v) is 14.3. The van der Waals surface area contributed by atoms with E-state index in [-0.39, 0.29) is 22.6 Å². The number of aromatic nitrogens is 3. The Labute approximate surface area is 235 Å². The predicted molar refractivity (Wildman–Crippen MR) is 157 cm³/mol. The van der Waals surface area contributed by atoms with Crippen molar-refractivity contribution in [3.05, 3.63) is 53.3 Å². The Morgan fingerprint density at radius 2 is 1.88 bits per heavy atom. The maximum absolute atomic E-state index is 13.5. The number of thiazole rings is 1. The standard InChI is InChI=1S/C29H32N6O4S/c1-5-21(36)31-22-23(37)18-16-30-26(32-24(18)35-19-8-6-7-9-20(19)40-25(22)35)34-15-12-29(17-34)10-13-33(14-11-29)27(38)39-28(2,3)4/h5-9,16H,1,10-15,17H2,2-4H3,(H,31,36). The fourth-order valence-electron chi connectivity index (χ4n) is 5.73. The molecule has 0 radical (unpaired) electrons. The van der Waals surface area contributed by atoms with Crippen molar-refractivity contribution < 1.29 is 14.3 Å². The summed E-state index contributed by atoms with van der Waals surface area (Å²) in [5.74, 6) is 0.124. The molecular formula is C29H32N6O4S. The van der Waals surface area contributed by atoms with Gasteiger partial charge < -0.3 is 19.9 Å². The average Bonchev–Trinajstić information content (AvgIpc) is 3.52. The molecule has 0 bridgehead atoms. The molecule has 2 saturated heterocycles. The summed E-state index contributed by atoms with van der Waals surface area (Å²) in [6.45, 7) is 12.1. The molecule has 10 nitrogen and oxygen atoms in total. The topological polar surface area (TPSA) is 109 Å². The van der Waals surface area contributed by atoms with E-state index in [1.807, 2.05) is 49.4 Å². The van der Waals surface area contributed by atoms with Gasteiger partial charge in [-0.15, -0.1) is 11.3 Å². The number of amides is 2. The Morgan fingerprint density at radius 3 is 2.60 bits per heavy atom. The number of carbonyl (C=O) groups is 2. The van der Waals surface area contributed by atoms with Crippen LogP contribution < -0.4 is 15.6 Å². The highest BCUT2D eigenvalue weighted by atomic mass is 32.1. The van der Waals surface area contributed by atoms with E-state index in [4.69, 9.17) is 9.72 Å². The minimum Gasteiger partial charge on any atom is -0.444 e. The molecule has 2 fully saturated rings. The molecule has 11 heteroatoms. The van der Waals surface area contributed by atoms with Gasteiger partial charge in [-0.1, -0.05) is 18.7 Å². The lowest BCUT2D eigenvalue weighted by Gasteiger charge is -2.39. The van der Waals surface area contributed by atoms with Gasteiger partial charge in [-0.3, -0.25) is 14.0 Å². The van der Waals surface area contributed by atoms with Crippen molar-refractivity contribution in [2.75, 3.05) is 36.4 Å². The first-order valence-electron chi connectivity index (χ1n) is 13.5. The zero-order valence-electron chi connectivity index (χ0n) is 22.9. The summed E-state index contributed by atoms with van der Waals surface area (Å²) < 4.78 is 8.47. The molecule has 1 aromatic carbocycles. The number of nitrogens with one attached hydrogen (secondary N) is 1. The number of hydrogen-bond acceptors (Lipinski definition) is 8. The van der Waals surface area contributed by atoms with Gasteiger partial charge in [-0.05, 0) is 63.7 Å². The number of anilines is 2. The van der Waals surface area contributed by atoms with Gasteiger partial charge in [0, 0.05) is 32.4 Å². The lowest BCUT2D eigenvalue weighted by molar-refractivity contribution is -0.111. The largest absolute Gasteiger partial charge is 0.444 e. The van der Waals surface area contributed by atoms with Crippen LogP contribution in [0.1, 0.15) is 40.0 Å². The van der Waals surface area contributed by atoms with E-state index in [2.05, 4.69) is 21.8 Å². The number of hydrogen-bond donors (Lipinski definition) is 1. The molecule has 0 saturated carbocycles. The zero-order chi connectivity index (χ0) is 28.2. The number of piperidine rings is 1. The summed E-state index contributed by atoms with van der Waals surface area (Å²) >= 11 is 1.43. The van der Waals surface area contributed by atoms with Gasteiger partial charge in [0.25, 0.3) is 0 Å². The first kappa shape index (κ1) is 26.2. The highest BCUT2D eigenvalue weighted by molar-refractivity contribution is 7.24. The summed E-state index contributed by atoms with van der Waals surface area (Å²) in [5, 5.41) is 3.04. The number of para-hydroxylation sites is 1. The number of rotatable bonds is 3. The summed E-state index contributed by atoms with van der Waals surface area (Å²) in [5.41, 5.74) is 0.862. The molecule has 4 aromatic rings. The van der Waals surface area contributed by atoms with E-state index in [1.54, 1.807) is 11.1 Å². The van der Waals surface area contributed by atoms with Gasteiger partial charge in [0.15, 0.2) is 5.65 Å². The minimum absolute atomic E-state index is 0.0803. The van der Waals surface area contributed by atoms with E-state index in [9.17, 15) is 14.4 Å². The van der Waals surface area contributed by atoms with Crippen molar-refractivity contribution in [3.8, 4) is 0 Å². The number of ether oxygens (including phenoxy) is 1. The Bertz CT molecular complexity index is 1730. The highest BCUT2D eigenvalue weighted by Gasteiger charge is 2.43. The molecule has 1 N–H and O–H groups in total. The van der Waals surface area contributed by atoms with Crippen molar-refractivity contribution in [2.45, 2.75) is 45.6 Å². The van der Waals surface area contributed by atoms with Crippen LogP contribution in [0.5, 0.6) is 0 Å². The van der Waals surface area contributed by atoms with Crippen LogP contribution in [0.3, 0.4) is 0 Å². The van der Waals surface area contributed by atoms with Gasteiger partial charge >= 0.3 is 6.09 Å². The van der Waals surface area contributed by atoms with Crippen LogP contribution in [0.2, 0.25) is 0 Å². The normalized spacial score (nSPS) is 17.2. The molecule has 5 heterocycles. The monoisotopic (exact) mass is 560 g/mol. The number of benzene rings is 1. The summed E-state index contributed by atoms with van der Waals surface area (Å²) in [4.78, 5) is 52.4. The number of nitrogens with zero attached hydrogens (tertiary/aromatic N) is 5. The lowest BCUT2D eigenvalue weighted by Crippen LogP contribution is -2.46. The lowest BCUT2D eigenvalue weighted by atomic mass is 9.78. The maximum Gasteiger partial charge on any atom is 0.410 e. The van der Waals surface area contributed by atoms with Gasteiger partial charge in [0.1, 0.15) is 16.1 Å². The van der Waals surface area contributed by atoms with Crippen molar-refractivity contribution in [1.29, 1.82) is 0 Å². The summed E-state index contributed by atoms with van der Waals surface area (Å²) in [6, 6.07) is 7.85. The molecule has 0 atom stereocenters. The van der Waals surface area contributed by atoms with E-state index < -0.39 is 11.5 Å². The second-order valence-electron chi connectivity index (χ2n) is 11.7. The number of pyridine rings is 1. The first-order chi connectivity index (χ1) is 19.1. The fourth-order valence-corrected chi connectivity index (χ4v) is 6.87. The van der Waals surface area contributed by atoms with Gasteiger partial charge in [-0.2, -0.15) is 4.98 Å². The SMILES string of the molecule is C=CC(=O)Nc1c(=O)c2cnc(N3CCC4(CCN(C(=O)OC(C)(C)C)CC4)C3)nc2n2c1sc1ccccc12. The molecule has 0 unspecified atom stereocenters. The van der Waals surface area contributed by atoms with Gasteiger partial charge in [0.05, 0.1) is 15.6 Å². The second kappa shape index (κ2) is 9.58. The Kier molecular flexibility index (Phi) is 6.29. The smallest absolute Gasteiger partial charge is 0.410 e. The molecule has 1 spiro atoms. The van der Waals surface area contributed by atoms with Crippen LogP contribution in [0.25, 0.3) is 26.1 Å². The van der Waals surface area contributed by atoms with E-state index in [1.165, 1.54) is 11.3 Å². The second-order valence-corrected chi connectivity index (χ2v) is 12.7. The average molecular weight is 561 g/mol. The Morgan fingerprint density at radius 1 is 1.15 bits per heavy atom. The molecule has 2 aliphatic rings. The molecule has 3 aromatic heterocycles. The third-order valence-corrected chi connectivity index (χ3v) is 8.94. The molecule has 2 aliphatic heterocycles. The molecular weight excluding hydrogens is 528 g/mol. The van der Waals surface area contributed by atoms with Crippen LogP contribution >= 0.6 is 11.3 Å². The van der Waals surface area contributed by atoms with Crippen LogP contribution in [0.4, 0.5) is 16.4 Å². The van der Waals surface area contributed by atoms with Crippen LogP contribution in [0, 0.1) is 5.41 Å². The summed E-state index contributed by atoms with van der Waals surface area (Å²) in [6.07, 6.45) is 5.23. The molecule has 0 aliphatic carbocycles. The Balaban J connectivity index is 1.33. The minimum atomic E-state index is -0.511. The molecule has 208 valence electrons. The van der Waals surface area contributed by atoms with Gasteiger partial charge in [0.2, 0.25) is 17.3 Å². The Hall–Kier alpha value is -3.99. The molecule has 2 amide bonds. The van der Waals surface area contributed by atoms with Crippen molar-refractivity contribution in [3.63, 3.8) is 0 Å². The number of fused-ring (bicyclic) bond motifs is 5. The highest BCUT2D eigenvalue weighted by Crippen LogP contribution is 2.42. The quantitative estimate of drug-likeness (QED) is 0.358. The summed E-state index contributed by atoms with van der Waals surface area (Å²) in [7, 11) is 0. The third kappa shape index (κ3) is 4.57. The van der Waals surface area contributed by atoms with Crippen LogP contribution in [-0.4, -0.2) is 63.0 Å². The van der Waals surface area contributed by atoms with Crippen molar-refractivity contribution in [2.24, 2.45) is 5.41 Å². The van der Waals surface area contributed by atoms with Crippen LogP contribution in [0.15, 0.2) is 47.9 Å².